The fourth-order valence-corrected chi connectivity index (χ4v) is 1.73. The number of hydrogen-bond acceptors (Lipinski definition) is 1. The summed E-state index contributed by atoms with van der Waals surface area (Å²) in [4.78, 5) is 0. The van der Waals surface area contributed by atoms with Crippen molar-refractivity contribution < 1.29 is 5.11 Å². The van der Waals surface area contributed by atoms with E-state index in [2.05, 4.69) is 20.8 Å². The Labute approximate surface area is 75.5 Å². The highest BCUT2D eigenvalue weighted by molar-refractivity contribution is 5.02. The van der Waals surface area contributed by atoms with Gasteiger partial charge in [0.05, 0.1) is 6.61 Å². The smallest absolute Gasteiger partial charge is 0.0614 e. The predicted octanol–water partition coefficient (Wildman–Crippen LogP) is 2.75. The number of rotatable bonds is 4. The summed E-state index contributed by atoms with van der Waals surface area (Å²) in [6, 6.07) is 0. The van der Waals surface area contributed by atoms with Crippen LogP contribution in [0.5, 0.6) is 0 Å². The molecule has 0 saturated heterocycles. The Bertz CT molecular complexity index is 179. The van der Waals surface area contributed by atoms with E-state index >= 15 is 0 Å². The van der Waals surface area contributed by atoms with Crippen molar-refractivity contribution in [1.29, 1.82) is 0 Å². The third-order valence-electron chi connectivity index (χ3n) is 3.04. The monoisotopic (exact) mass is 168 g/mol. The van der Waals surface area contributed by atoms with Crippen molar-refractivity contribution in [1.82, 2.24) is 0 Å². The minimum Gasteiger partial charge on any atom is -0.392 e. The van der Waals surface area contributed by atoms with Gasteiger partial charge in [0.1, 0.15) is 0 Å². The standard InChI is InChI=1S/C11H20O/c1-9(6-7-12)4-5-10-8-11(10,2)3/h6,10,12H,4-5,7-8H2,1-3H3/t10-/m0/s1. The Morgan fingerprint density at radius 3 is 2.58 bits per heavy atom. The van der Waals surface area contributed by atoms with Gasteiger partial charge in [0, 0.05) is 0 Å². The van der Waals surface area contributed by atoms with Crippen LogP contribution in [0.2, 0.25) is 0 Å². The fourth-order valence-electron chi connectivity index (χ4n) is 1.73. The molecule has 0 heterocycles. The van der Waals surface area contributed by atoms with Gasteiger partial charge in [-0.2, -0.15) is 0 Å². The minimum absolute atomic E-state index is 0.194. The molecule has 1 aliphatic rings. The number of aliphatic hydroxyl groups excluding tert-OH is 1. The van der Waals surface area contributed by atoms with Gasteiger partial charge in [-0.15, -0.1) is 0 Å². The molecule has 70 valence electrons. The van der Waals surface area contributed by atoms with E-state index in [0.29, 0.717) is 5.41 Å². The lowest BCUT2D eigenvalue weighted by Crippen LogP contribution is -1.91. The molecule has 1 rings (SSSR count). The Hall–Kier alpha value is -0.300. The summed E-state index contributed by atoms with van der Waals surface area (Å²) >= 11 is 0. The van der Waals surface area contributed by atoms with E-state index in [1.54, 1.807) is 0 Å². The van der Waals surface area contributed by atoms with Crippen molar-refractivity contribution in [3.63, 3.8) is 0 Å². The van der Waals surface area contributed by atoms with Crippen LogP contribution in [-0.2, 0) is 0 Å². The van der Waals surface area contributed by atoms with Crippen LogP contribution in [0.4, 0.5) is 0 Å². The van der Waals surface area contributed by atoms with Crippen LogP contribution in [0.25, 0.3) is 0 Å². The molecule has 1 saturated carbocycles. The average molecular weight is 168 g/mol. The second kappa shape index (κ2) is 3.61. The van der Waals surface area contributed by atoms with Gasteiger partial charge in [0.15, 0.2) is 0 Å². The number of aliphatic hydroxyl groups is 1. The quantitative estimate of drug-likeness (QED) is 0.640. The lowest BCUT2D eigenvalue weighted by atomic mass is 10.0. The maximum atomic E-state index is 8.64. The second-order valence-electron chi connectivity index (χ2n) is 4.66. The van der Waals surface area contributed by atoms with E-state index in [9.17, 15) is 0 Å². The summed E-state index contributed by atoms with van der Waals surface area (Å²) in [5, 5.41) is 8.64. The molecule has 1 aliphatic carbocycles. The Balaban J connectivity index is 2.15. The molecule has 0 aliphatic heterocycles. The second-order valence-corrected chi connectivity index (χ2v) is 4.66. The summed E-state index contributed by atoms with van der Waals surface area (Å²) in [7, 11) is 0. The Morgan fingerprint density at radius 2 is 2.17 bits per heavy atom. The molecule has 0 amide bonds. The van der Waals surface area contributed by atoms with Crippen LogP contribution in [0.3, 0.4) is 0 Å². The highest BCUT2D eigenvalue weighted by Crippen LogP contribution is 2.54. The van der Waals surface area contributed by atoms with E-state index < -0.39 is 0 Å². The normalized spacial score (nSPS) is 27.3. The van der Waals surface area contributed by atoms with Gasteiger partial charge in [-0.1, -0.05) is 25.5 Å². The third-order valence-corrected chi connectivity index (χ3v) is 3.04. The van der Waals surface area contributed by atoms with Crippen LogP contribution >= 0.6 is 0 Å². The van der Waals surface area contributed by atoms with Crippen molar-refractivity contribution in [2.24, 2.45) is 11.3 Å². The lowest BCUT2D eigenvalue weighted by molar-refractivity contribution is 0.341. The highest BCUT2D eigenvalue weighted by Gasteiger charge is 2.44. The van der Waals surface area contributed by atoms with E-state index in [0.717, 1.165) is 12.3 Å². The van der Waals surface area contributed by atoms with Crippen LogP contribution in [0, 0.1) is 11.3 Å². The topological polar surface area (TPSA) is 20.2 Å². The van der Waals surface area contributed by atoms with Crippen molar-refractivity contribution in [3.05, 3.63) is 11.6 Å². The molecular formula is C11H20O. The number of hydrogen-bond donors (Lipinski definition) is 1. The Morgan fingerprint density at radius 1 is 1.58 bits per heavy atom. The maximum absolute atomic E-state index is 8.64. The van der Waals surface area contributed by atoms with Gasteiger partial charge in [-0.3, -0.25) is 0 Å². The molecule has 0 aromatic heterocycles. The first kappa shape index (κ1) is 9.79. The van der Waals surface area contributed by atoms with Crippen molar-refractivity contribution >= 4 is 0 Å². The van der Waals surface area contributed by atoms with Crippen LogP contribution in [-0.4, -0.2) is 11.7 Å². The van der Waals surface area contributed by atoms with Crippen LogP contribution in [0.15, 0.2) is 11.6 Å². The lowest BCUT2D eigenvalue weighted by Gasteiger charge is -2.03. The van der Waals surface area contributed by atoms with Crippen molar-refractivity contribution in [3.8, 4) is 0 Å². The molecule has 1 atom stereocenters. The largest absolute Gasteiger partial charge is 0.392 e. The average Bonchev–Trinajstić information content (AvgIpc) is 2.56. The van der Waals surface area contributed by atoms with Crippen molar-refractivity contribution in [2.75, 3.05) is 6.61 Å². The molecule has 1 N–H and O–H groups in total. The molecule has 1 nitrogen and oxygen atoms in total. The molecule has 0 bridgehead atoms. The SMILES string of the molecule is CC(=CCO)CC[C@H]1CC1(C)C. The van der Waals surface area contributed by atoms with E-state index in [1.807, 2.05) is 6.08 Å². The zero-order valence-electron chi connectivity index (χ0n) is 8.43. The van der Waals surface area contributed by atoms with E-state index in [1.165, 1.54) is 18.4 Å². The molecule has 1 heteroatoms. The summed E-state index contributed by atoms with van der Waals surface area (Å²) in [5.74, 6) is 0.930. The van der Waals surface area contributed by atoms with Gasteiger partial charge >= 0.3 is 0 Å². The fraction of sp³-hybridized carbons (Fsp3) is 0.818. The summed E-state index contributed by atoms with van der Waals surface area (Å²) < 4.78 is 0. The third kappa shape index (κ3) is 2.63. The highest BCUT2D eigenvalue weighted by atomic mass is 16.2. The van der Waals surface area contributed by atoms with Gasteiger partial charge in [0.2, 0.25) is 0 Å². The zero-order valence-corrected chi connectivity index (χ0v) is 8.43. The van der Waals surface area contributed by atoms with Crippen LogP contribution < -0.4 is 0 Å². The minimum atomic E-state index is 0.194. The van der Waals surface area contributed by atoms with E-state index in [-0.39, 0.29) is 6.61 Å². The van der Waals surface area contributed by atoms with Gasteiger partial charge in [-0.05, 0) is 37.5 Å². The summed E-state index contributed by atoms with van der Waals surface area (Å²) in [5.41, 5.74) is 1.94. The molecule has 0 spiro atoms. The first-order valence-corrected chi connectivity index (χ1v) is 4.83. The first-order valence-electron chi connectivity index (χ1n) is 4.83. The molecule has 0 aromatic rings. The number of allylic oxidation sites excluding steroid dienone is 1. The first-order chi connectivity index (χ1) is 5.56. The molecular weight excluding hydrogens is 148 g/mol. The van der Waals surface area contributed by atoms with Gasteiger partial charge in [0.25, 0.3) is 0 Å². The van der Waals surface area contributed by atoms with Crippen LogP contribution in [0.1, 0.15) is 40.0 Å². The van der Waals surface area contributed by atoms with E-state index in [4.69, 9.17) is 5.11 Å². The summed E-state index contributed by atoms with van der Waals surface area (Å²) in [6.07, 6.45) is 5.76. The molecule has 12 heavy (non-hydrogen) atoms. The van der Waals surface area contributed by atoms with Crippen molar-refractivity contribution in [2.45, 2.75) is 40.0 Å². The molecule has 0 unspecified atom stereocenters. The molecule has 1 fully saturated rings. The molecule has 0 radical (unpaired) electrons. The maximum Gasteiger partial charge on any atom is 0.0614 e. The van der Waals surface area contributed by atoms with Gasteiger partial charge in [-0.25, -0.2) is 0 Å². The Kier molecular flexibility index (Phi) is 2.94. The zero-order chi connectivity index (χ0) is 9.19. The predicted molar refractivity (Wildman–Crippen MR) is 52.0 cm³/mol. The van der Waals surface area contributed by atoms with Gasteiger partial charge < -0.3 is 5.11 Å². The molecule has 0 aromatic carbocycles. The summed E-state index contributed by atoms with van der Waals surface area (Å²) in [6.45, 7) is 6.97.